The van der Waals surface area contributed by atoms with E-state index in [0.29, 0.717) is 11.8 Å². The maximum Gasteiger partial charge on any atom is 0.410 e. The molecule has 0 spiro atoms. The first-order valence-corrected chi connectivity index (χ1v) is 10.4. The highest BCUT2D eigenvalue weighted by Gasteiger charge is 2.37. The van der Waals surface area contributed by atoms with Crippen LogP contribution in [0.1, 0.15) is 27.2 Å². The number of sulfonamides is 1. The zero-order valence-electron chi connectivity index (χ0n) is 16.3. The van der Waals surface area contributed by atoms with Gasteiger partial charge < -0.3 is 9.64 Å². The zero-order valence-corrected chi connectivity index (χ0v) is 17.2. The second-order valence-electron chi connectivity index (χ2n) is 7.87. The number of amides is 1. The second-order valence-corrected chi connectivity index (χ2v) is 9.78. The Kier molecular flexibility index (Phi) is 5.33. The van der Waals surface area contributed by atoms with Crippen molar-refractivity contribution in [2.24, 2.45) is 0 Å². The first-order valence-electron chi connectivity index (χ1n) is 8.99. The third-order valence-electron chi connectivity index (χ3n) is 4.67. The second kappa shape index (κ2) is 7.29. The average molecular weight is 409 g/mol. The number of carbonyl (C=O) groups is 1. The van der Waals surface area contributed by atoms with Gasteiger partial charge in [0.2, 0.25) is 10.0 Å². The van der Waals surface area contributed by atoms with Crippen molar-refractivity contribution < 1.29 is 22.3 Å². The molecular formula is C19H24FN3O4S. The number of hydrogen-bond donors (Lipinski definition) is 0. The van der Waals surface area contributed by atoms with Crippen molar-refractivity contribution in [1.82, 2.24) is 14.2 Å². The molecule has 1 amide bonds. The fourth-order valence-corrected chi connectivity index (χ4v) is 4.96. The molecule has 1 saturated heterocycles. The molecule has 7 nitrogen and oxygen atoms in total. The van der Waals surface area contributed by atoms with E-state index >= 15 is 0 Å². The van der Waals surface area contributed by atoms with Crippen LogP contribution < -0.4 is 0 Å². The molecule has 0 bridgehead atoms. The van der Waals surface area contributed by atoms with Crippen LogP contribution in [-0.2, 0) is 14.8 Å². The predicted octanol–water partition coefficient (Wildman–Crippen LogP) is 3.00. The summed E-state index contributed by atoms with van der Waals surface area (Å²) >= 11 is 0. The average Bonchev–Trinajstić information content (AvgIpc) is 3.10. The highest BCUT2D eigenvalue weighted by atomic mass is 32.2. The first-order chi connectivity index (χ1) is 13.0. The molecule has 1 aromatic heterocycles. The van der Waals surface area contributed by atoms with Gasteiger partial charge in [0.1, 0.15) is 5.60 Å². The molecular weight excluding hydrogens is 385 g/mol. The monoisotopic (exact) mass is 409 g/mol. The van der Waals surface area contributed by atoms with Gasteiger partial charge in [0, 0.05) is 43.1 Å². The Morgan fingerprint density at radius 3 is 2.71 bits per heavy atom. The molecule has 1 aliphatic rings. The SMILES string of the molecule is CN(C(=O)OC(C)(C)C)[C@@H]1CCN(S(=O)(=O)c2cccc3cncc(F)c23)C1. The molecule has 2 aromatic rings. The van der Waals surface area contributed by atoms with Crippen LogP contribution in [0.2, 0.25) is 0 Å². The summed E-state index contributed by atoms with van der Waals surface area (Å²) in [6, 6.07) is 4.27. The van der Waals surface area contributed by atoms with E-state index in [4.69, 9.17) is 4.74 Å². The van der Waals surface area contributed by atoms with Crippen molar-refractivity contribution in [2.75, 3.05) is 20.1 Å². The van der Waals surface area contributed by atoms with Gasteiger partial charge in [-0.15, -0.1) is 0 Å². The molecule has 0 N–H and O–H groups in total. The van der Waals surface area contributed by atoms with Crippen molar-refractivity contribution in [3.8, 4) is 0 Å². The minimum absolute atomic E-state index is 0.0291. The van der Waals surface area contributed by atoms with Gasteiger partial charge in [0.15, 0.2) is 5.82 Å². The Labute approximate surface area is 164 Å². The first kappa shape index (κ1) is 20.5. The van der Waals surface area contributed by atoms with E-state index < -0.39 is 27.5 Å². The lowest BCUT2D eigenvalue weighted by atomic mass is 10.2. The van der Waals surface area contributed by atoms with Crippen LogP contribution in [0.4, 0.5) is 9.18 Å². The lowest BCUT2D eigenvalue weighted by Crippen LogP contribution is -2.42. The van der Waals surface area contributed by atoms with Crippen molar-refractivity contribution in [2.45, 2.75) is 43.7 Å². The molecule has 1 atom stereocenters. The zero-order chi connectivity index (χ0) is 20.7. The summed E-state index contributed by atoms with van der Waals surface area (Å²) in [5.41, 5.74) is -0.635. The minimum atomic E-state index is -3.93. The number of halogens is 1. The lowest BCUT2D eigenvalue weighted by molar-refractivity contribution is 0.0232. The van der Waals surface area contributed by atoms with Crippen molar-refractivity contribution in [3.63, 3.8) is 0 Å². The topological polar surface area (TPSA) is 79.8 Å². The van der Waals surface area contributed by atoms with Gasteiger partial charge in [-0.2, -0.15) is 4.31 Å². The van der Waals surface area contributed by atoms with E-state index in [1.165, 1.54) is 21.5 Å². The Morgan fingerprint density at radius 2 is 2.04 bits per heavy atom. The number of rotatable bonds is 3. The van der Waals surface area contributed by atoms with Gasteiger partial charge in [-0.25, -0.2) is 17.6 Å². The molecule has 2 heterocycles. The number of fused-ring (bicyclic) bond motifs is 1. The van der Waals surface area contributed by atoms with E-state index in [1.54, 1.807) is 40.0 Å². The maximum absolute atomic E-state index is 14.3. The van der Waals surface area contributed by atoms with Crippen molar-refractivity contribution in [1.29, 1.82) is 0 Å². The summed E-state index contributed by atoms with van der Waals surface area (Å²) in [6.45, 7) is 5.68. The third-order valence-corrected chi connectivity index (χ3v) is 6.58. The van der Waals surface area contributed by atoms with Gasteiger partial charge in [-0.3, -0.25) is 4.98 Å². The van der Waals surface area contributed by atoms with Crippen molar-refractivity contribution >= 4 is 26.9 Å². The number of likely N-dealkylation sites (N-methyl/N-ethyl adjacent to an activating group) is 1. The number of carbonyl (C=O) groups excluding carboxylic acids is 1. The fourth-order valence-electron chi connectivity index (χ4n) is 3.24. The molecule has 28 heavy (non-hydrogen) atoms. The summed E-state index contributed by atoms with van der Waals surface area (Å²) in [7, 11) is -2.33. The Hall–Kier alpha value is -2.26. The van der Waals surface area contributed by atoms with Crippen LogP contribution in [0.25, 0.3) is 10.8 Å². The molecule has 1 aromatic carbocycles. The lowest BCUT2D eigenvalue weighted by Gasteiger charge is -2.28. The number of benzene rings is 1. The molecule has 9 heteroatoms. The van der Waals surface area contributed by atoms with E-state index in [2.05, 4.69) is 4.98 Å². The van der Waals surface area contributed by atoms with Crippen LogP contribution in [0.3, 0.4) is 0 Å². The Morgan fingerprint density at radius 1 is 1.32 bits per heavy atom. The number of hydrogen-bond acceptors (Lipinski definition) is 5. The molecule has 1 fully saturated rings. The van der Waals surface area contributed by atoms with E-state index in [0.717, 1.165) is 6.20 Å². The van der Waals surface area contributed by atoms with E-state index in [1.807, 2.05) is 0 Å². The van der Waals surface area contributed by atoms with Gasteiger partial charge in [-0.05, 0) is 33.3 Å². The number of nitrogens with zero attached hydrogens (tertiary/aromatic N) is 3. The molecule has 3 rings (SSSR count). The number of ether oxygens (including phenoxy) is 1. The van der Waals surface area contributed by atoms with Gasteiger partial charge in [0.05, 0.1) is 11.1 Å². The van der Waals surface area contributed by atoms with Gasteiger partial charge >= 0.3 is 6.09 Å². The standard InChI is InChI=1S/C19H24FN3O4S/c1-19(2,3)27-18(24)22(4)14-8-9-23(12-14)28(25,26)16-7-5-6-13-10-21-11-15(20)17(13)16/h5-7,10-11,14H,8-9,12H2,1-4H3/t14-/m1/s1. The maximum atomic E-state index is 14.3. The Bertz CT molecular complexity index is 999. The minimum Gasteiger partial charge on any atom is -0.444 e. The Balaban J connectivity index is 1.85. The fraction of sp³-hybridized carbons (Fsp3) is 0.474. The summed E-state index contributed by atoms with van der Waals surface area (Å²) in [6.07, 6.45) is 2.41. The molecule has 1 aliphatic heterocycles. The molecule has 0 unspecified atom stereocenters. The summed E-state index contributed by atoms with van der Waals surface area (Å²) in [5.74, 6) is -0.682. The highest BCUT2D eigenvalue weighted by Crippen LogP contribution is 2.30. The largest absolute Gasteiger partial charge is 0.444 e. The molecule has 0 saturated carbocycles. The summed E-state index contributed by atoms with van der Waals surface area (Å²) < 4.78 is 47.3. The number of pyridine rings is 1. The highest BCUT2D eigenvalue weighted by molar-refractivity contribution is 7.89. The van der Waals surface area contributed by atoms with Gasteiger partial charge in [-0.1, -0.05) is 12.1 Å². The quantitative estimate of drug-likeness (QED) is 0.779. The normalized spacial score (nSPS) is 18.4. The van der Waals surface area contributed by atoms with Crippen LogP contribution in [-0.4, -0.2) is 60.5 Å². The smallest absolute Gasteiger partial charge is 0.410 e. The van der Waals surface area contributed by atoms with E-state index in [9.17, 15) is 17.6 Å². The summed E-state index contributed by atoms with van der Waals surface area (Å²) in [4.78, 5) is 17.4. The van der Waals surface area contributed by atoms with Crippen LogP contribution in [0.5, 0.6) is 0 Å². The predicted molar refractivity (Wildman–Crippen MR) is 103 cm³/mol. The third kappa shape index (κ3) is 3.95. The molecule has 152 valence electrons. The van der Waals surface area contributed by atoms with Crippen LogP contribution in [0, 0.1) is 5.82 Å². The van der Waals surface area contributed by atoms with Gasteiger partial charge in [0.25, 0.3) is 0 Å². The molecule has 0 aliphatic carbocycles. The van der Waals surface area contributed by atoms with Crippen LogP contribution >= 0.6 is 0 Å². The van der Waals surface area contributed by atoms with Crippen LogP contribution in [0.15, 0.2) is 35.5 Å². The van der Waals surface area contributed by atoms with Crippen molar-refractivity contribution in [3.05, 3.63) is 36.4 Å². The molecule has 0 radical (unpaired) electrons. The number of aromatic nitrogens is 1. The summed E-state index contributed by atoms with van der Waals surface area (Å²) in [5, 5.41) is 0.448. The van der Waals surface area contributed by atoms with E-state index in [-0.39, 0.29) is 29.4 Å².